The summed E-state index contributed by atoms with van der Waals surface area (Å²) in [7, 11) is 0. The van der Waals surface area contributed by atoms with Crippen LogP contribution in [-0.2, 0) is 40.1 Å². The van der Waals surface area contributed by atoms with Crippen molar-refractivity contribution in [1.82, 2.24) is 26.2 Å². The summed E-state index contributed by atoms with van der Waals surface area (Å²) in [4.78, 5) is 105. The van der Waals surface area contributed by atoms with E-state index in [9.17, 15) is 43.5 Å². The Morgan fingerprint density at radius 2 is 1.55 bits per heavy atom. The lowest BCUT2D eigenvalue weighted by Gasteiger charge is -2.35. The van der Waals surface area contributed by atoms with Gasteiger partial charge in [0.1, 0.15) is 18.1 Å². The number of aromatic carboxylic acids is 1. The Hall–Kier alpha value is -5.64. The summed E-state index contributed by atoms with van der Waals surface area (Å²) in [6.45, 7) is 2.67. The Morgan fingerprint density at radius 1 is 0.891 bits per heavy atom. The fourth-order valence-electron chi connectivity index (χ4n) is 6.91. The van der Waals surface area contributed by atoms with Crippen LogP contribution in [0.1, 0.15) is 91.5 Å². The second-order valence-corrected chi connectivity index (χ2v) is 13.9. The van der Waals surface area contributed by atoms with Gasteiger partial charge >= 0.3 is 5.97 Å². The van der Waals surface area contributed by atoms with E-state index in [4.69, 9.17) is 10.5 Å². The minimum atomic E-state index is -1.30. The first-order valence-electron chi connectivity index (χ1n) is 18.6. The molecule has 0 spiro atoms. The number of carboxylic acids is 1. The average molecular weight is 763 g/mol. The Labute approximate surface area is 319 Å². The summed E-state index contributed by atoms with van der Waals surface area (Å²) in [5, 5.41) is 19.7. The second-order valence-electron chi connectivity index (χ2n) is 13.9. The van der Waals surface area contributed by atoms with Crippen LogP contribution in [0.2, 0.25) is 0 Å². The van der Waals surface area contributed by atoms with Gasteiger partial charge in [-0.1, -0.05) is 75.1 Å². The molecule has 55 heavy (non-hydrogen) atoms. The number of benzene rings is 2. The SMILES string of the molecule is CCCC(NC(=O)[C@@H]1C[C@@H](OCc2ccccc2)CN1C(=O)C(NC(=O)c1ccccc1C(=O)O)C1CCCCC1)C(=O)C(=O)NCC(=O)N[C@H](C)C(N)=O. The minimum Gasteiger partial charge on any atom is -0.478 e. The summed E-state index contributed by atoms with van der Waals surface area (Å²) in [5.74, 6) is -7.28. The third-order valence-electron chi connectivity index (χ3n) is 9.90. The Balaban J connectivity index is 1.57. The molecule has 2 fully saturated rings. The largest absolute Gasteiger partial charge is 0.478 e. The predicted molar refractivity (Wildman–Crippen MR) is 198 cm³/mol. The average Bonchev–Trinajstić information content (AvgIpc) is 3.62. The van der Waals surface area contributed by atoms with E-state index in [1.54, 1.807) is 6.92 Å². The number of nitrogens with zero attached hydrogens (tertiary/aromatic N) is 1. The number of hydrogen-bond acceptors (Lipinski definition) is 9. The number of likely N-dealkylation sites (tertiary alicyclic amines) is 1. The quantitative estimate of drug-likeness (QED) is 0.119. The fraction of sp³-hybridized carbons (Fsp3) is 0.487. The standard InChI is InChI=1S/C39H50N6O10/c1-3-12-29(33(47)37(51)41-20-31(46)42-23(2)34(40)48)43-36(50)30-19-26(55-22-24-13-6-4-7-14-24)21-45(30)38(52)32(25-15-8-5-9-16-25)44-35(49)27-17-10-11-18-28(27)39(53)54/h4,6-7,10-11,13-14,17-18,23,25-26,29-30,32H,3,5,8-9,12,15-16,19-22H2,1-2H3,(H2,40,48)(H,41,51)(H,42,46)(H,43,50)(H,44,49)(H,53,54)/t23-,26-,29?,30+,32?/m1/s1. The molecule has 16 heteroatoms. The fourth-order valence-corrected chi connectivity index (χ4v) is 6.91. The highest BCUT2D eigenvalue weighted by atomic mass is 16.5. The first-order chi connectivity index (χ1) is 26.3. The zero-order chi connectivity index (χ0) is 40.1. The normalized spacial score (nSPS) is 18.6. The lowest BCUT2D eigenvalue weighted by Crippen LogP contribution is -2.58. The first-order valence-corrected chi connectivity index (χ1v) is 18.6. The van der Waals surface area contributed by atoms with Crippen LogP contribution in [0, 0.1) is 5.92 Å². The molecule has 2 aliphatic rings. The number of hydrogen-bond donors (Lipinski definition) is 6. The van der Waals surface area contributed by atoms with E-state index in [1.165, 1.54) is 36.1 Å². The van der Waals surface area contributed by atoms with Crippen LogP contribution in [0.3, 0.4) is 0 Å². The molecule has 0 aromatic heterocycles. The lowest BCUT2D eigenvalue weighted by atomic mass is 9.83. The molecule has 6 amide bonds. The van der Waals surface area contributed by atoms with Gasteiger partial charge < -0.3 is 41.7 Å². The summed E-state index contributed by atoms with van der Waals surface area (Å²) in [6, 6.07) is 10.5. The van der Waals surface area contributed by atoms with Crippen molar-refractivity contribution >= 4 is 47.2 Å². The molecule has 1 saturated carbocycles. The van der Waals surface area contributed by atoms with Crippen molar-refractivity contribution in [1.29, 1.82) is 0 Å². The van der Waals surface area contributed by atoms with Gasteiger partial charge in [-0.15, -0.1) is 0 Å². The van der Waals surface area contributed by atoms with E-state index in [1.807, 2.05) is 30.3 Å². The zero-order valence-corrected chi connectivity index (χ0v) is 31.1. The summed E-state index contributed by atoms with van der Waals surface area (Å²) in [6.07, 6.45) is 3.74. The molecular formula is C39H50N6O10. The molecular weight excluding hydrogens is 712 g/mol. The predicted octanol–water partition coefficient (Wildman–Crippen LogP) is 1.21. The van der Waals surface area contributed by atoms with Gasteiger partial charge in [-0.3, -0.25) is 33.6 Å². The topological polar surface area (TPSA) is 243 Å². The van der Waals surface area contributed by atoms with Crippen molar-refractivity contribution in [2.45, 2.75) is 102 Å². The molecule has 0 bridgehead atoms. The number of ether oxygens (including phenoxy) is 1. The number of nitrogens with one attached hydrogen (secondary N) is 4. The number of amides is 6. The van der Waals surface area contributed by atoms with Crippen LogP contribution < -0.4 is 27.0 Å². The third-order valence-corrected chi connectivity index (χ3v) is 9.90. The molecule has 1 heterocycles. The number of ketones is 1. The lowest BCUT2D eigenvalue weighted by molar-refractivity contribution is -0.143. The van der Waals surface area contributed by atoms with Gasteiger partial charge in [-0.05, 0) is 49.8 Å². The van der Waals surface area contributed by atoms with Crippen LogP contribution in [0.4, 0.5) is 0 Å². The van der Waals surface area contributed by atoms with Gasteiger partial charge in [0.2, 0.25) is 29.4 Å². The minimum absolute atomic E-state index is 0.0136. The summed E-state index contributed by atoms with van der Waals surface area (Å²) < 4.78 is 6.18. The summed E-state index contributed by atoms with van der Waals surface area (Å²) in [5.41, 5.74) is 5.69. The molecule has 4 rings (SSSR count). The van der Waals surface area contributed by atoms with Gasteiger partial charge in [0.15, 0.2) is 0 Å². The Morgan fingerprint density at radius 3 is 2.18 bits per heavy atom. The van der Waals surface area contributed by atoms with Gasteiger partial charge in [0.05, 0.1) is 36.4 Å². The first kappa shape index (κ1) is 42.1. The van der Waals surface area contributed by atoms with Crippen molar-refractivity contribution in [3.63, 3.8) is 0 Å². The molecule has 1 aliphatic heterocycles. The molecule has 1 aliphatic carbocycles. The number of nitrogens with two attached hydrogens (primary N) is 1. The van der Waals surface area contributed by atoms with E-state index in [-0.39, 0.29) is 43.0 Å². The molecule has 7 N–H and O–H groups in total. The smallest absolute Gasteiger partial charge is 0.336 e. The molecule has 2 aromatic carbocycles. The van der Waals surface area contributed by atoms with Crippen LogP contribution in [0.15, 0.2) is 54.6 Å². The van der Waals surface area contributed by atoms with Crippen LogP contribution >= 0.6 is 0 Å². The molecule has 5 atom stereocenters. The second kappa shape index (κ2) is 20.2. The maximum atomic E-state index is 14.6. The van der Waals surface area contributed by atoms with E-state index in [0.717, 1.165) is 24.8 Å². The number of rotatable bonds is 18. The number of carbonyl (C=O) groups excluding carboxylic acids is 7. The monoisotopic (exact) mass is 762 g/mol. The van der Waals surface area contributed by atoms with E-state index in [2.05, 4.69) is 21.3 Å². The van der Waals surface area contributed by atoms with Crippen LogP contribution in [0.25, 0.3) is 0 Å². The van der Waals surface area contributed by atoms with Crippen molar-refractivity contribution in [2.24, 2.45) is 11.7 Å². The molecule has 0 radical (unpaired) electrons. The number of carbonyl (C=O) groups is 8. The number of Topliss-reactive ketones (excluding diaryl/α,β-unsaturated/α-hetero) is 1. The van der Waals surface area contributed by atoms with Gasteiger partial charge in [-0.25, -0.2) is 4.79 Å². The molecule has 16 nitrogen and oxygen atoms in total. The van der Waals surface area contributed by atoms with Gasteiger partial charge in [0, 0.05) is 13.0 Å². The van der Waals surface area contributed by atoms with Crippen LogP contribution in [0.5, 0.6) is 0 Å². The van der Waals surface area contributed by atoms with Crippen molar-refractivity contribution in [3.05, 3.63) is 71.3 Å². The maximum absolute atomic E-state index is 14.6. The molecule has 2 aromatic rings. The maximum Gasteiger partial charge on any atom is 0.336 e. The van der Waals surface area contributed by atoms with Crippen molar-refractivity contribution < 1.29 is 48.2 Å². The van der Waals surface area contributed by atoms with Gasteiger partial charge in [-0.2, -0.15) is 0 Å². The number of primary amides is 1. The number of carboxylic acid groups (broad SMARTS) is 1. The Kier molecular flexibility index (Phi) is 15.4. The van der Waals surface area contributed by atoms with Crippen LogP contribution in [-0.4, -0.2) is 101 Å². The Bertz CT molecular complexity index is 1730. The molecule has 2 unspecified atom stereocenters. The van der Waals surface area contributed by atoms with Crippen molar-refractivity contribution in [3.8, 4) is 0 Å². The zero-order valence-electron chi connectivity index (χ0n) is 31.1. The van der Waals surface area contributed by atoms with E-state index >= 15 is 0 Å². The van der Waals surface area contributed by atoms with E-state index in [0.29, 0.717) is 19.3 Å². The highest BCUT2D eigenvalue weighted by Crippen LogP contribution is 2.31. The van der Waals surface area contributed by atoms with Crippen molar-refractivity contribution in [2.75, 3.05) is 13.1 Å². The molecule has 296 valence electrons. The highest BCUT2D eigenvalue weighted by molar-refractivity contribution is 6.38. The van der Waals surface area contributed by atoms with Gasteiger partial charge in [0.25, 0.3) is 11.8 Å². The highest BCUT2D eigenvalue weighted by Gasteiger charge is 2.45. The van der Waals surface area contributed by atoms with E-state index < -0.39 is 84.0 Å². The summed E-state index contributed by atoms with van der Waals surface area (Å²) >= 11 is 0. The molecule has 1 saturated heterocycles. The third kappa shape index (κ3) is 11.7.